The lowest BCUT2D eigenvalue weighted by molar-refractivity contribution is -0.119. The highest BCUT2D eigenvalue weighted by atomic mass is 19.1. The predicted molar refractivity (Wildman–Crippen MR) is 121 cm³/mol. The lowest BCUT2D eigenvalue weighted by atomic mass is 10.2. The van der Waals surface area contributed by atoms with E-state index in [-0.39, 0.29) is 29.8 Å². The van der Waals surface area contributed by atoms with Crippen molar-refractivity contribution in [1.29, 1.82) is 0 Å². The average Bonchev–Trinajstić information content (AvgIpc) is 3.57. The number of carbonyl (C=O) groups is 1. The molecule has 10 heteroatoms. The van der Waals surface area contributed by atoms with Crippen molar-refractivity contribution in [1.82, 2.24) is 24.3 Å². The molecule has 0 saturated heterocycles. The molecule has 0 atom stereocenters. The fraction of sp³-hybridized carbons (Fsp3) is 0.125. The number of halogens is 1. The van der Waals surface area contributed by atoms with Crippen LogP contribution in [0.25, 0.3) is 28.5 Å². The highest BCUT2D eigenvalue weighted by Gasteiger charge is 2.26. The number of benzene rings is 2. The molecule has 4 heterocycles. The lowest BCUT2D eigenvalue weighted by Gasteiger charge is -2.16. The molecular formula is C24H17FN6O3. The van der Waals surface area contributed by atoms with E-state index in [4.69, 9.17) is 4.52 Å². The van der Waals surface area contributed by atoms with E-state index in [9.17, 15) is 14.0 Å². The van der Waals surface area contributed by atoms with Crippen molar-refractivity contribution in [2.45, 2.75) is 13.0 Å². The second-order valence-corrected chi connectivity index (χ2v) is 7.91. The molecule has 0 bridgehead atoms. The van der Waals surface area contributed by atoms with Gasteiger partial charge < -0.3 is 9.42 Å². The van der Waals surface area contributed by atoms with Gasteiger partial charge >= 0.3 is 5.69 Å². The van der Waals surface area contributed by atoms with Gasteiger partial charge in [0.25, 0.3) is 5.89 Å². The Labute approximate surface area is 191 Å². The molecular weight excluding hydrogens is 439 g/mol. The minimum atomic E-state index is -0.456. The quantitative estimate of drug-likeness (QED) is 0.412. The summed E-state index contributed by atoms with van der Waals surface area (Å²) in [6, 6.07) is 16.9. The normalized spacial score (nSPS) is 12.9. The Bertz CT molecular complexity index is 1620. The van der Waals surface area contributed by atoms with Crippen molar-refractivity contribution in [3.05, 3.63) is 88.7 Å². The second-order valence-electron chi connectivity index (χ2n) is 7.91. The molecule has 1 amide bonds. The summed E-state index contributed by atoms with van der Waals surface area (Å²) in [6.07, 6.45) is 2.33. The zero-order valence-corrected chi connectivity index (χ0v) is 17.8. The Morgan fingerprint density at radius 2 is 1.97 bits per heavy atom. The predicted octanol–water partition coefficient (Wildman–Crippen LogP) is 2.94. The van der Waals surface area contributed by atoms with Crippen LogP contribution in [0.15, 0.2) is 76.2 Å². The fourth-order valence-electron chi connectivity index (χ4n) is 4.20. The SMILES string of the molecule is O=C(Cn1nc2c(-c3nc(-c4cccc(F)c4)no3)cccn2c1=O)N1CCc2ccccc21. The number of hydrogen-bond donors (Lipinski definition) is 0. The molecule has 0 spiro atoms. The van der Waals surface area contributed by atoms with Crippen molar-refractivity contribution in [3.63, 3.8) is 0 Å². The van der Waals surface area contributed by atoms with Crippen LogP contribution in [0, 0.1) is 5.82 Å². The Morgan fingerprint density at radius 3 is 2.85 bits per heavy atom. The molecule has 6 rings (SSSR count). The summed E-state index contributed by atoms with van der Waals surface area (Å²) in [5, 5.41) is 8.31. The van der Waals surface area contributed by atoms with E-state index >= 15 is 0 Å². The molecule has 0 N–H and O–H groups in total. The van der Waals surface area contributed by atoms with Crippen LogP contribution in [0.1, 0.15) is 5.56 Å². The van der Waals surface area contributed by atoms with E-state index in [0.717, 1.165) is 22.4 Å². The first-order chi connectivity index (χ1) is 16.6. The molecule has 0 saturated carbocycles. The van der Waals surface area contributed by atoms with E-state index in [0.29, 0.717) is 17.7 Å². The molecule has 168 valence electrons. The van der Waals surface area contributed by atoms with Gasteiger partial charge in [-0.05, 0) is 42.3 Å². The van der Waals surface area contributed by atoms with Crippen LogP contribution >= 0.6 is 0 Å². The number of rotatable bonds is 4. The Balaban J connectivity index is 1.34. The maximum atomic E-state index is 13.6. The van der Waals surface area contributed by atoms with Gasteiger partial charge in [0.15, 0.2) is 5.65 Å². The zero-order chi connectivity index (χ0) is 23.2. The zero-order valence-electron chi connectivity index (χ0n) is 17.8. The summed E-state index contributed by atoms with van der Waals surface area (Å²) in [7, 11) is 0. The smallest absolute Gasteiger partial charge is 0.333 e. The number of amides is 1. The van der Waals surface area contributed by atoms with E-state index in [1.54, 1.807) is 35.4 Å². The maximum Gasteiger partial charge on any atom is 0.350 e. The fourth-order valence-corrected chi connectivity index (χ4v) is 4.20. The third-order valence-electron chi connectivity index (χ3n) is 5.82. The summed E-state index contributed by atoms with van der Waals surface area (Å²) in [5.41, 5.74) is 2.67. The third-order valence-corrected chi connectivity index (χ3v) is 5.82. The largest absolute Gasteiger partial charge is 0.350 e. The summed E-state index contributed by atoms with van der Waals surface area (Å²) < 4.78 is 21.4. The van der Waals surface area contributed by atoms with Gasteiger partial charge in [-0.15, -0.1) is 5.10 Å². The molecule has 1 aliphatic rings. The average molecular weight is 456 g/mol. The highest BCUT2D eigenvalue weighted by molar-refractivity contribution is 5.95. The summed E-state index contributed by atoms with van der Waals surface area (Å²) in [4.78, 5) is 32.0. The van der Waals surface area contributed by atoms with Crippen LogP contribution in [0.2, 0.25) is 0 Å². The van der Waals surface area contributed by atoms with Gasteiger partial charge in [0, 0.05) is 24.0 Å². The third kappa shape index (κ3) is 3.27. The number of aromatic nitrogens is 5. The molecule has 1 aliphatic heterocycles. The highest BCUT2D eigenvalue weighted by Crippen LogP contribution is 2.28. The van der Waals surface area contributed by atoms with Gasteiger partial charge in [-0.25, -0.2) is 18.3 Å². The maximum absolute atomic E-state index is 13.6. The summed E-state index contributed by atoms with van der Waals surface area (Å²) in [5.74, 6) is -0.298. The van der Waals surface area contributed by atoms with Crippen molar-refractivity contribution < 1.29 is 13.7 Å². The number of anilines is 1. The first kappa shape index (κ1) is 20.0. The number of fused-ring (bicyclic) bond motifs is 2. The van der Waals surface area contributed by atoms with Crippen LogP contribution in [0.3, 0.4) is 0 Å². The monoisotopic (exact) mass is 456 g/mol. The molecule has 0 aliphatic carbocycles. The Morgan fingerprint density at radius 1 is 1.09 bits per heavy atom. The van der Waals surface area contributed by atoms with Gasteiger partial charge in [-0.1, -0.05) is 35.5 Å². The first-order valence-electron chi connectivity index (χ1n) is 10.6. The molecule has 2 aromatic carbocycles. The topological polar surface area (TPSA) is 98.5 Å². The van der Waals surface area contributed by atoms with Gasteiger partial charge in [0.05, 0.1) is 5.56 Å². The van der Waals surface area contributed by atoms with Crippen LogP contribution in [0.4, 0.5) is 10.1 Å². The standard InChI is InChI=1S/C24H17FN6O3/c25-17-7-3-6-16(13-17)21-26-23(34-28-21)18-8-4-11-30-22(18)27-31(24(30)33)14-20(32)29-12-10-15-5-1-2-9-19(15)29/h1-9,11,13H,10,12,14H2. The van der Waals surface area contributed by atoms with Crippen LogP contribution in [0.5, 0.6) is 0 Å². The van der Waals surface area contributed by atoms with E-state index < -0.39 is 11.5 Å². The van der Waals surface area contributed by atoms with E-state index in [1.807, 2.05) is 24.3 Å². The number of pyridine rings is 1. The van der Waals surface area contributed by atoms with Crippen molar-refractivity contribution in [2.75, 3.05) is 11.4 Å². The van der Waals surface area contributed by atoms with Crippen LogP contribution in [-0.4, -0.2) is 36.8 Å². The number of nitrogens with zero attached hydrogens (tertiary/aromatic N) is 6. The first-order valence-corrected chi connectivity index (χ1v) is 10.6. The Kier molecular flexibility index (Phi) is 4.58. The molecule has 34 heavy (non-hydrogen) atoms. The van der Waals surface area contributed by atoms with Gasteiger partial charge in [0.1, 0.15) is 12.4 Å². The second kappa shape index (κ2) is 7.77. The lowest BCUT2D eigenvalue weighted by Crippen LogP contribution is -2.35. The molecule has 0 radical (unpaired) electrons. The molecule has 3 aromatic heterocycles. The van der Waals surface area contributed by atoms with Crippen LogP contribution < -0.4 is 10.6 Å². The Hall–Kier alpha value is -4.60. The minimum Gasteiger partial charge on any atom is -0.333 e. The van der Waals surface area contributed by atoms with Gasteiger partial charge in [-0.3, -0.25) is 4.79 Å². The van der Waals surface area contributed by atoms with Gasteiger partial charge in [0.2, 0.25) is 11.7 Å². The molecule has 0 fully saturated rings. The van der Waals surface area contributed by atoms with Gasteiger partial charge in [-0.2, -0.15) is 4.98 Å². The van der Waals surface area contributed by atoms with Crippen molar-refractivity contribution in [3.8, 4) is 22.8 Å². The summed E-state index contributed by atoms with van der Waals surface area (Å²) >= 11 is 0. The molecule has 9 nitrogen and oxygen atoms in total. The number of para-hydroxylation sites is 1. The van der Waals surface area contributed by atoms with Crippen molar-refractivity contribution in [2.24, 2.45) is 0 Å². The number of carbonyl (C=O) groups excluding carboxylic acids is 1. The minimum absolute atomic E-state index is 0.127. The summed E-state index contributed by atoms with van der Waals surface area (Å²) in [6.45, 7) is 0.364. The number of hydrogen-bond acceptors (Lipinski definition) is 6. The van der Waals surface area contributed by atoms with E-state index in [2.05, 4.69) is 15.2 Å². The van der Waals surface area contributed by atoms with Crippen molar-refractivity contribution >= 4 is 17.2 Å². The van der Waals surface area contributed by atoms with E-state index in [1.165, 1.54) is 16.5 Å². The molecule has 5 aromatic rings. The van der Waals surface area contributed by atoms with Crippen LogP contribution in [-0.2, 0) is 17.8 Å². The molecule has 0 unspecified atom stereocenters.